The van der Waals surface area contributed by atoms with Crippen molar-refractivity contribution in [3.8, 4) is 0 Å². The summed E-state index contributed by atoms with van der Waals surface area (Å²) in [7, 11) is 0. The van der Waals surface area contributed by atoms with E-state index in [9.17, 15) is 9.59 Å². The Labute approximate surface area is 143 Å². The lowest BCUT2D eigenvalue weighted by atomic mass is 10.00. The predicted molar refractivity (Wildman–Crippen MR) is 90.4 cm³/mol. The fraction of sp³-hybridized carbons (Fsp3) is 0.353. The highest BCUT2D eigenvalue weighted by atomic mass is 32.1. The third-order valence-corrected chi connectivity index (χ3v) is 5.12. The average Bonchev–Trinajstić information content (AvgIpc) is 2.98. The maximum atomic E-state index is 12.4. The number of fused-ring (bicyclic) bond motifs is 1. The standard InChI is InChI=1S/C17H18N2O4S/c1-10(11-6-3-2-4-7-11)15(20)19-16-18-14-12(23-17(21)22)8-5-9-13(14)24-16/h2-4,6-7,10,12H,5,8-9H2,1H3,(H,21,22)(H,18,19,20). The van der Waals surface area contributed by atoms with Crippen molar-refractivity contribution in [2.45, 2.75) is 38.2 Å². The topological polar surface area (TPSA) is 88.5 Å². The van der Waals surface area contributed by atoms with Gasteiger partial charge in [0.05, 0.1) is 11.6 Å². The molecule has 1 aliphatic carbocycles. The Balaban J connectivity index is 1.73. The highest BCUT2D eigenvalue weighted by molar-refractivity contribution is 7.15. The van der Waals surface area contributed by atoms with Gasteiger partial charge in [-0.3, -0.25) is 4.79 Å². The number of rotatable bonds is 4. The fourth-order valence-corrected chi connectivity index (χ4v) is 3.83. The van der Waals surface area contributed by atoms with Gasteiger partial charge in [-0.15, -0.1) is 11.3 Å². The van der Waals surface area contributed by atoms with E-state index in [1.54, 1.807) is 0 Å². The first-order chi connectivity index (χ1) is 11.5. The Kier molecular flexibility index (Phi) is 4.80. The van der Waals surface area contributed by atoms with Crippen LogP contribution >= 0.6 is 11.3 Å². The molecule has 24 heavy (non-hydrogen) atoms. The van der Waals surface area contributed by atoms with Crippen LogP contribution in [0.1, 0.15) is 47.9 Å². The van der Waals surface area contributed by atoms with Gasteiger partial charge in [-0.2, -0.15) is 0 Å². The first-order valence-electron chi connectivity index (χ1n) is 7.79. The third-order valence-electron chi connectivity index (χ3n) is 4.07. The van der Waals surface area contributed by atoms with E-state index in [-0.39, 0.29) is 11.8 Å². The normalized spacial score (nSPS) is 17.6. The van der Waals surface area contributed by atoms with Crippen molar-refractivity contribution in [1.82, 2.24) is 4.98 Å². The molecule has 2 N–H and O–H groups in total. The van der Waals surface area contributed by atoms with Crippen LogP contribution in [0.15, 0.2) is 30.3 Å². The lowest BCUT2D eigenvalue weighted by Gasteiger charge is -2.19. The minimum atomic E-state index is -1.30. The van der Waals surface area contributed by atoms with E-state index < -0.39 is 12.3 Å². The number of aryl methyl sites for hydroxylation is 1. The number of amides is 1. The van der Waals surface area contributed by atoms with Crippen molar-refractivity contribution >= 4 is 28.5 Å². The van der Waals surface area contributed by atoms with Crippen molar-refractivity contribution in [2.24, 2.45) is 0 Å². The maximum absolute atomic E-state index is 12.4. The van der Waals surface area contributed by atoms with E-state index in [2.05, 4.69) is 10.3 Å². The number of nitrogens with one attached hydrogen (secondary N) is 1. The molecule has 1 aliphatic rings. The quantitative estimate of drug-likeness (QED) is 0.818. The van der Waals surface area contributed by atoms with Crippen LogP contribution in [-0.2, 0) is 16.0 Å². The smallest absolute Gasteiger partial charge is 0.450 e. The summed E-state index contributed by atoms with van der Waals surface area (Å²) in [6.45, 7) is 1.84. The number of aromatic nitrogens is 1. The first kappa shape index (κ1) is 16.4. The molecule has 1 aromatic carbocycles. The lowest BCUT2D eigenvalue weighted by molar-refractivity contribution is -0.117. The number of ether oxygens (including phenoxy) is 1. The number of carbonyl (C=O) groups excluding carboxylic acids is 1. The molecular weight excluding hydrogens is 328 g/mol. The van der Waals surface area contributed by atoms with E-state index in [0.29, 0.717) is 17.2 Å². The van der Waals surface area contributed by atoms with Crippen LogP contribution < -0.4 is 5.32 Å². The molecule has 126 valence electrons. The Bertz CT molecular complexity index is 744. The van der Waals surface area contributed by atoms with Crippen LogP contribution in [0.5, 0.6) is 0 Å². The molecule has 0 radical (unpaired) electrons. The van der Waals surface area contributed by atoms with Gasteiger partial charge in [-0.05, 0) is 31.7 Å². The maximum Gasteiger partial charge on any atom is 0.506 e. The summed E-state index contributed by atoms with van der Waals surface area (Å²) in [6.07, 6.45) is 0.456. The molecule has 1 amide bonds. The second-order valence-electron chi connectivity index (χ2n) is 5.71. The van der Waals surface area contributed by atoms with Crippen LogP contribution in [0.3, 0.4) is 0 Å². The number of hydrogen-bond acceptors (Lipinski definition) is 5. The van der Waals surface area contributed by atoms with Gasteiger partial charge in [-0.25, -0.2) is 9.78 Å². The van der Waals surface area contributed by atoms with Crippen LogP contribution in [0.4, 0.5) is 9.93 Å². The number of benzene rings is 1. The van der Waals surface area contributed by atoms with Crippen molar-refractivity contribution in [2.75, 3.05) is 5.32 Å². The van der Waals surface area contributed by atoms with Crippen molar-refractivity contribution < 1.29 is 19.4 Å². The molecule has 1 heterocycles. The second kappa shape index (κ2) is 7.00. The van der Waals surface area contributed by atoms with Gasteiger partial charge in [0.1, 0.15) is 6.10 Å². The van der Waals surface area contributed by atoms with Gasteiger partial charge in [0.2, 0.25) is 5.91 Å². The number of hydrogen-bond donors (Lipinski definition) is 2. The summed E-state index contributed by atoms with van der Waals surface area (Å²) < 4.78 is 4.90. The Morgan fingerprint density at radius 3 is 2.83 bits per heavy atom. The molecule has 7 heteroatoms. The Morgan fingerprint density at radius 1 is 1.38 bits per heavy atom. The van der Waals surface area contributed by atoms with Gasteiger partial charge in [0, 0.05) is 4.88 Å². The molecule has 0 saturated heterocycles. The lowest BCUT2D eigenvalue weighted by Crippen LogP contribution is -2.19. The van der Waals surface area contributed by atoms with Crippen LogP contribution in [-0.4, -0.2) is 22.2 Å². The molecule has 6 nitrogen and oxygen atoms in total. The fourth-order valence-electron chi connectivity index (χ4n) is 2.78. The molecule has 2 atom stereocenters. The van der Waals surface area contributed by atoms with E-state index in [1.165, 1.54) is 11.3 Å². The molecule has 2 aromatic rings. The summed E-state index contributed by atoms with van der Waals surface area (Å²) in [4.78, 5) is 28.6. The van der Waals surface area contributed by atoms with Crippen LogP contribution in [0.25, 0.3) is 0 Å². The zero-order valence-corrected chi connectivity index (χ0v) is 14.0. The van der Waals surface area contributed by atoms with Crippen molar-refractivity contribution in [3.63, 3.8) is 0 Å². The van der Waals surface area contributed by atoms with E-state index in [1.807, 2.05) is 37.3 Å². The summed E-state index contributed by atoms with van der Waals surface area (Å²) in [5.41, 5.74) is 1.57. The van der Waals surface area contributed by atoms with Crippen LogP contribution in [0.2, 0.25) is 0 Å². The zero-order chi connectivity index (χ0) is 17.1. The molecular formula is C17H18N2O4S. The minimum Gasteiger partial charge on any atom is -0.450 e. The SMILES string of the molecule is CC(C(=O)Nc1nc2c(s1)CCCC2OC(=O)O)c1ccccc1. The van der Waals surface area contributed by atoms with Gasteiger partial charge in [-0.1, -0.05) is 30.3 Å². The molecule has 0 fully saturated rings. The number of anilines is 1. The highest BCUT2D eigenvalue weighted by Crippen LogP contribution is 2.37. The molecule has 0 saturated carbocycles. The summed E-state index contributed by atoms with van der Waals surface area (Å²) in [5, 5.41) is 12.2. The molecule has 0 spiro atoms. The Morgan fingerprint density at radius 2 is 2.12 bits per heavy atom. The number of carboxylic acid groups (broad SMARTS) is 1. The predicted octanol–water partition coefficient (Wildman–Crippen LogP) is 3.96. The minimum absolute atomic E-state index is 0.136. The van der Waals surface area contributed by atoms with Crippen molar-refractivity contribution in [1.29, 1.82) is 0 Å². The molecule has 3 rings (SSSR count). The van der Waals surface area contributed by atoms with Crippen molar-refractivity contribution in [3.05, 3.63) is 46.5 Å². The second-order valence-corrected chi connectivity index (χ2v) is 6.80. The Hall–Kier alpha value is -2.41. The zero-order valence-electron chi connectivity index (χ0n) is 13.2. The highest BCUT2D eigenvalue weighted by Gasteiger charge is 2.28. The van der Waals surface area contributed by atoms with Gasteiger partial charge >= 0.3 is 6.16 Å². The van der Waals surface area contributed by atoms with Gasteiger partial charge in [0.15, 0.2) is 5.13 Å². The monoisotopic (exact) mass is 346 g/mol. The van der Waals surface area contributed by atoms with Crippen LogP contribution in [0, 0.1) is 0 Å². The largest absolute Gasteiger partial charge is 0.506 e. The third kappa shape index (κ3) is 3.56. The summed E-state index contributed by atoms with van der Waals surface area (Å²) in [5.74, 6) is -0.429. The molecule has 0 aliphatic heterocycles. The molecule has 2 unspecified atom stereocenters. The molecule has 1 aromatic heterocycles. The summed E-state index contributed by atoms with van der Waals surface area (Å²) in [6, 6.07) is 9.53. The summed E-state index contributed by atoms with van der Waals surface area (Å²) >= 11 is 1.39. The van der Waals surface area contributed by atoms with E-state index in [4.69, 9.17) is 9.84 Å². The number of thiazole rings is 1. The van der Waals surface area contributed by atoms with Gasteiger partial charge < -0.3 is 15.2 Å². The van der Waals surface area contributed by atoms with E-state index in [0.717, 1.165) is 23.3 Å². The average molecular weight is 346 g/mol. The number of carbonyl (C=O) groups is 2. The first-order valence-corrected chi connectivity index (χ1v) is 8.61. The van der Waals surface area contributed by atoms with Gasteiger partial charge in [0.25, 0.3) is 0 Å². The molecule has 0 bridgehead atoms. The van der Waals surface area contributed by atoms with E-state index >= 15 is 0 Å². The number of nitrogens with zero attached hydrogens (tertiary/aromatic N) is 1.